The molecule has 1 atom stereocenters. The number of benzene rings is 1. The van der Waals surface area contributed by atoms with Gasteiger partial charge in [0.1, 0.15) is 11.2 Å². The highest BCUT2D eigenvalue weighted by Gasteiger charge is 2.17. The molecule has 1 rings (SSSR count). The van der Waals surface area contributed by atoms with Gasteiger partial charge in [0.2, 0.25) is 0 Å². The fraction of sp³-hybridized carbons (Fsp3) is 0.588. The molecule has 1 aromatic carbocycles. The Morgan fingerprint density at radius 1 is 1.18 bits per heavy atom. The van der Waals surface area contributed by atoms with Crippen LogP contribution in [0.4, 0.5) is 4.39 Å². The maximum Gasteiger partial charge on any atom is 0.164 e. The van der Waals surface area contributed by atoms with Crippen molar-refractivity contribution in [3.8, 4) is 16.9 Å². The maximum atomic E-state index is 14.3. The van der Waals surface area contributed by atoms with Crippen LogP contribution in [-0.2, 0) is 0 Å². The number of halogens is 1. The molecule has 122 valence electrons. The summed E-state index contributed by atoms with van der Waals surface area (Å²) >= 11 is 1.20. The van der Waals surface area contributed by atoms with E-state index in [0.29, 0.717) is 36.0 Å². The molecule has 0 aliphatic carbocycles. The number of thioether (sulfide) groups is 1. The molecule has 3 nitrogen and oxygen atoms in total. The molecule has 1 unspecified atom stereocenters. The molecule has 0 saturated carbocycles. The van der Waals surface area contributed by atoms with Crippen molar-refractivity contribution in [1.29, 1.82) is 5.26 Å². The molecule has 5 heteroatoms. The average Bonchev–Trinajstić information content (AvgIpc) is 2.51. The maximum absolute atomic E-state index is 14.3. The van der Waals surface area contributed by atoms with Crippen molar-refractivity contribution >= 4 is 11.8 Å². The lowest BCUT2D eigenvalue weighted by Crippen LogP contribution is -2.05. The van der Waals surface area contributed by atoms with Crippen LogP contribution in [0.5, 0.6) is 11.5 Å². The minimum absolute atomic E-state index is 0.0325. The van der Waals surface area contributed by atoms with Gasteiger partial charge >= 0.3 is 0 Å². The van der Waals surface area contributed by atoms with Gasteiger partial charge in [-0.3, -0.25) is 0 Å². The van der Waals surface area contributed by atoms with Gasteiger partial charge in [0.25, 0.3) is 0 Å². The molecule has 0 amide bonds. The van der Waals surface area contributed by atoms with Crippen molar-refractivity contribution in [1.82, 2.24) is 0 Å². The van der Waals surface area contributed by atoms with Gasteiger partial charge in [0.05, 0.1) is 13.2 Å². The van der Waals surface area contributed by atoms with E-state index >= 15 is 0 Å². The molecule has 0 heterocycles. The van der Waals surface area contributed by atoms with Gasteiger partial charge in [-0.25, -0.2) is 4.39 Å². The zero-order valence-corrected chi connectivity index (χ0v) is 14.3. The molecule has 0 aliphatic rings. The van der Waals surface area contributed by atoms with E-state index in [4.69, 9.17) is 14.7 Å². The minimum atomic E-state index is -0.274. The molecule has 0 aromatic heterocycles. The Morgan fingerprint density at radius 2 is 1.77 bits per heavy atom. The van der Waals surface area contributed by atoms with Gasteiger partial charge in [-0.15, -0.1) is 0 Å². The molecular formula is C17H24FNO2S. The Labute approximate surface area is 136 Å². The first-order valence-electron chi connectivity index (χ1n) is 7.73. The van der Waals surface area contributed by atoms with Crippen LogP contribution in [0.2, 0.25) is 0 Å². The van der Waals surface area contributed by atoms with Crippen LogP contribution in [0.15, 0.2) is 12.1 Å². The molecule has 0 N–H and O–H groups in total. The Bertz CT molecular complexity index is 502. The monoisotopic (exact) mass is 325 g/mol. The van der Waals surface area contributed by atoms with Gasteiger partial charge in [-0.1, -0.05) is 20.8 Å². The van der Waals surface area contributed by atoms with Crippen LogP contribution < -0.4 is 9.47 Å². The summed E-state index contributed by atoms with van der Waals surface area (Å²) in [6.07, 6.45) is 2.49. The van der Waals surface area contributed by atoms with E-state index in [0.717, 1.165) is 19.3 Å². The van der Waals surface area contributed by atoms with E-state index in [1.54, 1.807) is 6.07 Å². The summed E-state index contributed by atoms with van der Waals surface area (Å²) in [7, 11) is 0. The highest BCUT2D eigenvalue weighted by atomic mass is 32.2. The molecule has 0 aliphatic heterocycles. The van der Waals surface area contributed by atoms with Crippen LogP contribution >= 0.6 is 11.8 Å². The van der Waals surface area contributed by atoms with Crippen LogP contribution in [0.3, 0.4) is 0 Å². The van der Waals surface area contributed by atoms with Crippen molar-refractivity contribution in [2.45, 2.75) is 46.0 Å². The number of nitrogens with zero attached hydrogens (tertiary/aromatic N) is 1. The Hall–Kier alpha value is -1.41. The Kier molecular flexibility index (Phi) is 8.76. The third kappa shape index (κ3) is 5.76. The second-order valence-electron chi connectivity index (χ2n) is 5.15. The van der Waals surface area contributed by atoms with E-state index in [1.165, 1.54) is 17.8 Å². The zero-order valence-electron chi connectivity index (χ0n) is 13.5. The summed E-state index contributed by atoms with van der Waals surface area (Å²) in [6, 6.07) is 3.17. The summed E-state index contributed by atoms with van der Waals surface area (Å²) in [5.41, 5.74) is 0.619. The molecule has 1 aromatic rings. The topological polar surface area (TPSA) is 42.2 Å². The van der Waals surface area contributed by atoms with Gasteiger partial charge in [0.15, 0.2) is 11.5 Å². The number of ether oxygens (including phenoxy) is 2. The van der Waals surface area contributed by atoms with Crippen LogP contribution in [0.25, 0.3) is 0 Å². The highest BCUT2D eigenvalue weighted by molar-refractivity contribution is 8.03. The first-order chi connectivity index (χ1) is 10.6. The van der Waals surface area contributed by atoms with E-state index in [9.17, 15) is 4.39 Å². The van der Waals surface area contributed by atoms with Crippen molar-refractivity contribution in [3.63, 3.8) is 0 Å². The van der Waals surface area contributed by atoms with Crippen molar-refractivity contribution in [2.75, 3.05) is 19.0 Å². The number of rotatable bonds is 10. The van der Waals surface area contributed by atoms with Crippen LogP contribution in [0, 0.1) is 16.5 Å². The van der Waals surface area contributed by atoms with E-state index in [2.05, 4.69) is 0 Å². The third-order valence-corrected chi connectivity index (χ3v) is 3.80. The molecule has 0 spiro atoms. The summed E-state index contributed by atoms with van der Waals surface area (Å²) in [6.45, 7) is 7.11. The minimum Gasteiger partial charge on any atom is -0.490 e. The largest absolute Gasteiger partial charge is 0.490 e. The summed E-state index contributed by atoms with van der Waals surface area (Å²) in [5, 5.41) is 10.6. The molecular weight excluding hydrogens is 301 g/mol. The number of hydrogen-bond donors (Lipinski definition) is 0. The first-order valence-corrected chi connectivity index (χ1v) is 8.72. The van der Waals surface area contributed by atoms with Crippen molar-refractivity contribution in [3.05, 3.63) is 23.5 Å². The molecule has 22 heavy (non-hydrogen) atoms. The number of hydrogen-bond acceptors (Lipinski definition) is 4. The first kappa shape index (κ1) is 18.6. The van der Waals surface area contributed by atoms with E-state index in [-0.39, 0.29) is 11.7 Å². The Balaban J connectivity index is 2.95. The molecule has 0 bridgehead atoms. The second-order valence-corrected chi connectivity index (χ2v) is 6.03. The Morgan fingerprint density at radius 3 is 2.32 bits per heavy atom. The quantitative estimate of drug-likeness (QED) is 0.443. The normalized spacial score (nSPS) is 11.8. The lowest BCUT2D eigenvalue weighted by molar-refractivity contribution is 0.266. The van der Waals surface area contributed by atoms with Gasteiger partial charge in [0, 0.05) is 11.8 Å². The van der Waals surface area contributed by atoms with Gasteiger partial charge in [-0.05, 0) is 48.6 Å². The predicted molar refractivity (Wildman–Crippen MR) is 89.1 cm³/mol. The van der Waals surface area contributed by atoms with E-state index in [1.807, 2.05) is 26.2 Å². The third-order valence-electron chi connectivity index (χ3n) is 3.23. The molecule has 0 saturated heterocycles. The lowest BCUT2D eigenvalue weighted by atomic mass is 9.97. The standard InChI is InChI=1S/C17H24FNO2S/c1-4-7-20-16-10-14(13(3)6-9-22-12-19)15(18)11-17(16)21-8-5-2/h10-11,13H,4-9H2,1-3H3. The second kappa shape index (κ2) is 10.3. The fourth-order valence-electron chi connectivity index (χ4n) is 2.01. The lowest BCUT2D eigenvalue weighted by Gasteiger charge is -2.17. The van der Waals surface area contributed by atoms with Gasteiger partial charge < -0.3 is 9.47 Å². The summed E-state index contributed by atoms with van der Waals surface area (Å²) < 4.78 is 25.6. The zero-order chi connectivity index (χ0) is 16.4. The van der Waals surface area contributed by atoms with Gasteiger partial charge in [-0.2, -0.15) is 5.26 Å². The summed E-state index contributed by atoms with van der Waals surface area (Å²) in [4.78, 5) is 0. The number of nitriles is 1. The van der Waals surface area contributed by atoms with Crippen molar-refractivity contribution < 1.29 is 13.9 Å². The summed E-state index contributed by atoms with van der Waals surface area (Å²) in [5.74, 6) is 1.52. The van der Waals surface area contributed by atoms with Crippen LogP contribution in [-0.4, -0.2) is 19.0 Å². The molecule has 0 radical (unpaired) electrons. The van der Waals surface area contributed by atoms with Crippen LogP contribution in [0.1, 0.15) is 51.5 Å². The van der Waals surface area contributed by atoms with E-state index < -0.39 is 0 Å². The molecule has 0 fully saturated rings. The average molecular weight is 325 g/mol. The SMILES string of the molecule is CCCOc1cc(F)c(C(C)CCSC#N)cc1OCCC. The smallest absolute Gasteiger partial charge is 0.164 e. The predicted octanol–water partition coefficient (Wildman–Crippen LogP) is 5.11. The van der Waals surface area contributed by atoms with Crippen molar-refractivity contribution in [2.24, 2.45) is 0 Å². The fourth-order valence-corrected chi connectivity index (χ4v) is 2.58. The highest BCUT2D eigenvalue weighted by Crippen LogP contribution is 2.35. The number of thiocyanates is 1.